The SMILES string of the molecule is Cn1ncc(Cl)c1C(C)(C)C. The zero-order valence-corrected chi connectivity index (χ0v) is 8.11. The lowest BCUT2D eigenvalue weighted by Gasteiger charge is -2.18. The Labute approximate surface area is 72.2 Å². The lowest BCUT2D eigenvalue weighted by atomic mass is 9.92. The molecule has 62 valence electrons. The van der Waals surface area contributed by atoms with Gasteiger partial charge < -0.3 is 0 Å². The van der Waals surface area contributed by atoms with Gasteiger partial charge in [0.05, 0.1) is 16.9 Å². The van der Waals surface area contributed by atoms with Crippen LogP contribution < -0.4 is 0 Å². The molecule has 0 saturated heterocycles. The van der Waals surface area contributed by atoms with Crippen molar-refractivity contribution in [3.63, 3.8) is 0 Å². The minimum absolute atomic E-state index is 0.0718. The Hall–Kier alpha value is -0.500. The highest BCUT2D eigenvalue weighted by Gasteiger charge is 2.21. The summed E-state index contributed by atoms with van der Waals surface area (Å²) >= 11 is 5.95. The summed E-state index contributed by atoms with van der Waals surface area (Å²) in [5.74, 6) is 0. The Morgan fingerprint density at radius 2 is 2.00 bits per heavy atom. The van der Waals surface area contributed by atoms with Crippen molar-refractivity contribution in [1.29, 1.82) is 0 Å². The molecule has 11 heavy (non-hydrogen) atoms. The summed E-state index contributed by atoms with van der Waals surface area (Å²) in [6.45, 7) is 6.36. The van der Waals surface area contributed by atoms with E-state index in [4.69, 9.17) is 11.6 Å². The molecular formula is C8H13ClN2. The quantitative estimate of drug-likeness (QED) is 0.588. The van der Waals surface area contributed by atoms with E-state index in [1.807, 2.05) is 11.7 Å². The third-order valence-corrected chi connectivity index (χ3v) is 1.88. The zero-order chi connectivity index (χ0) is 8.65. The Bertz CT molecular complexity index is 238. The van der Waals surface area contributed by atoms with Gasteiger partial charge in [0.1, 0.15) is 0 Å². The van der Waals surface area contributed by atoms with Gasteiger partial charge in [0, 0.05) is 12.5 Å². The maximum Gasteiger partial charge on any atom is 0.0823 e. The second-order valence-corrected chi connectivity index (χ2v) is 4.12. The van der Waals surface area contributed by atoms with Gasteiger partial charge in [0.15, 0.2) is 0 Å². The highest BCUT2D eigenvalue weighted by atomic mass is 35.5. The van der Waals surface area contributed by atoms with E-state index >= 15 is 0 Å². The molecule has 0 bridgehead atoms. The minimum Gasteiger partial charge on any atom is -0.271 e. The summed E-state index contributed by atoms with van der Waals surface area (Å²) in [7, 11) is 1.91. The van der Waals surface area contributed by atoms with Crippen LogP contribution in [0.1, 0.15) is 26.5 Å². The van der Waals surface area contributed by atoms with E-state index in [9.17, 15) is 0 Å². The maximum absolute atomic E-state index is 5.95. The summed E-state index contributed by atoms with van der Waals surface area (Å²) in [5.41, 5.74) is 1.15. The van der Waals surface area contributed by atoms with Gasteiger partial charge in [-0.3, -0.25) is 4.68 Å². The molecular weight excluding hydrogens is 160 g/mol. The number of aryl methyl sites for hydroxylation is 1. The summed E-state index contributed by atoms with van der Waals surface area (Å²) < 4.78 is 1.82. The smallest absolute Gasteiger partial charge is 0.0823 e. The molecule has 0 aromatic carbocycles. The summed E-state index contributed by atoms with van der Waals surface area (Å²) in [5, 5.41) is 4.82. The Morgan fingerprint density at radius 3 is 2.18 bits per heavy atom. The van der Waals surface area contributed by atoms with Crippen LogP contribution >= 0.6 is 11.6 Å². The predicted octanol–water partition coefficient (Wildman–Crippen LogP) is 2.37. The molecule has 3 heteroatoms. The first-order chi connectivity index (χ1) is 4.93. The molecule has 0 unspecified atom stereocenters. The first kappa shape index (κ1) is 8.60. The largest absolute Gasteiger partial charge is 0.271 e. The van der Waals surface area contributed by atoms with E-state index in [-0.39, 0.29) is 5.41 Å². The van der Waals surface area contributed by atoms with E-state index < -0.39 is 0 Å². The molecule has 0 saturated carbocycles. The Kier molecular flexibility index (Phi) is 1.97. The van der Waals surface area contributed by atoms with Gasteiger partial charge in [0.25, 0.3) is 0 Å². The number of rotatable bonds is 0. The van der Waals surface area contributed by atoms with Crippen LogP contribution in [0, 0.1) is 0 Å². The normalized spacial score (nSPS) is 12.1. The van der Waals surface area contributed by atoms with Crippen LogP contribution in [0.4, 0.5) is 0 Å². The van der Waals surface area contributed by atoms with Crippen molar-refractivity contribution in [2.45, 2.75) is 26.2 Å². The molecule has 0 amide bonds. The van der Waals surface area contributed by atoms with Crippen LogP contribution in [0.25, 0.3) is 0 Å². The van der Waals surface area contributed by atoms with Crippen molar-refractivity contribution in [3.05, 3.63) is 16.9 Å². The van der Waals surface area contributed by atoms with E-state index in [2.05, 4.69) is 25.9 Å². The fraction of sp³-hybridized carbons (Fsp3) is 0.625. The van der Waals surface area contributed by atoms with E-state index in [0.29, 0.717) is 0 Å². The molecule has 0 fully saturated rings. The number of hydrogen-bond acceptors (Lipinski definition) is 1. The third-order valence-electron chi connectivity index (χ3n) is 1.60. The molecule has 1 heterocycles. The molecule has 0 aliphatic rings. The topological polar surface area (TPSA) is 17.8 Å². The van der Waals surface area contributed by atoms with Gasteiger partial charge in [-0.15, -0.1) is 0 Å². The van der Waals surface area contributed by atoms with Crippen molar-refractivity contribution in [2.24, 2.45) is 7.05 Å². The average Bonchev–Trinajstić information content (AvgIpc) is 2.08. The van der Waals surface area contributed by atoms with Crippen LogP contribution in [0.3, 0.4) is 0 Å². The molecule has 0 aliphatic carbocycles. The van der Waals surface area contributed by atoms with Gasteiger partial charge in [-0.25, -0.2) is 0 Å². The fourth-order valence-electron chi connectivity index (χ4n) is 1.25. The summed E-state index contributed by atoms with van der Waals surface area (Å²) in [4.78, 5) is 0. The van der Waals surface area contributed by atoms with Crippen LogP contribution in [0.2, 0.25) is 5.02 Å². The summed E-state index contributed by atoms with van der Waals surface area (Å²) in [6.07, 6.45) is 1.68. The van der Waals surface area contributed by atoms with Gasteiger partial charge in [-0.1, -0.05) is 32.4 Å². The fourth-order valence-corrected chi connectivity index (χ4v) is 1.70. The average molecular weight is 173 g/mol. The highest BCUT2D eigenvalue weighted by Crippen LogP contribution is 2.27. The van der Waals surface area contributed by atoms with Crippen molar-refractivity contribution >= 4 is 11.6 Å². The Balaban J connectivity index is 3.21. The molecule has 0 N–H and O–H groups in total. The van der Waals surface area contributed by atoms with E-state index in [1.165, 1.54) is 0 Å². The molecule has 1 rings (SSSR count). The monoisotopic (exact) mass is 172 g/mol. The molecule has 0 aliphatic heterocycles. The predicted molar refractivity (Wildman–Crippen MR) is 46.9 cm³/mol. The molecule has 1 aromatic rings. The van der Waals surface area contributed by atoms with Crippen molar-refractivity contribution in [1.82, 2.24) is 9.78 Å². The van der Waals surface area contributed by atoms with Crippen LogP contribution in [-0.4, -0.2) is 9.78 Å². The molecule has 0 spiro atoms. The maximum atomic E-state index is 5.95. The van der Waals surface area contributed by atoms with Crippen LogP contribution in [-0.2, 0) is 12.5 Å². The van der Waals surface area contributed by atoms with E-state index in [0.717, 1.165) is 10.7 Å². The van der Waals surface area contributed by atoms with Crippen LogP contribution in [0.15, 0.2) is 6.20 Å². The first-order valence-electron chi connectivity index (χ1n) is 3.61. The number of hydrogen-bond donors (Lipinski definition) is 0. The van der Waals surface area contributed by atoms with Gasteiger partial charge in [-0.05, 0) is 0 Å². The zero-order valence-electron chi connectivity index (χ0n) is 7.35. The molecule has 0 atom stereocenters. The van der Waals surface area contributed by atoms with Crippen molar-refractivity contribution in [3.8, 4) is 0 Å². The first-order valence-corrected chi connectivity index (χ1v) is 3.98. The molecule has 1 aromatic heterocycles. The van der Waals surface area contributed by atoms with E-state index in [1.54, 1.807) is 6.20 Å². The number of halogens is 1. The lowest BCUT2D eigenvalue weighted by molar-refractivity contribution is 0.523. The van der Waals surface area contributed by atoms with Crippen molar-refractivity contribution < 1.29 is 0 Å². The second-order valence-electron chi connectivity index (χ2n) is 3.71. The lowest BCUT2D eigenvalue weighted by Crippen LogP contribution is -2.16. The van der Waals surface area contributed by atoms with Crippen molar-refractivity contribution in [2.75, 3.05) is 0 Å². The van der Waals surface area contributed by atoms with Gasteiger partial charge in [0.2, 0.25) is 0 Å². The number of nitrogens with zero attached hydrogens (tertiary/aromatic N) is 2. The third kappa shape index (κ3) is 1.56. The standard InChI is InChI=1S/C8H13ClN2/c1-8(2,3)7-6(9)5-10-11(7)4/h5H,1-4H3. The Morgan fingerprint density at radius 1 is 1.45 bits per heavy atom. The summed E-state index contributed by atoms with van der Waals surface area (Å²) in [6, 6.07) is 0. The highest BCUT2D eigenvalue weighted by molar-refractivity contribution is 6.31. The molecule has 0 radical (unpaired) electrons. The van der Waals surface area contributed by atoms with Crippen LogP contribution in [0.5, 0.6) is 0 Å². The minimum atomic E-state index is 0.0718. The van der Waals surface area contributed by atoms with Gasteiger partial charge >= 0.3 is 0 Å². The van der Waals surface area contributed by atoms with Gasteiger partial charge in [-0.2, -0.15) is 5.10 Å². The second kappa shape index (κ2) is 2.52. The molecule has 2 nitrogen and oxygen atoms in total. The number of aromatic nitrogens is 2.